The highest BCUT2D eigenvalue weighted by Gasteiger charge is 2.28. The van der Waals surface area contributed by atoms with Gasteiger partial charge in [0.25, 0.3) is 5.91 Å². The number of rotatable bonds is 4. The number of hydrogen-bond acceptors (Lipinski definition) is 3. The topological polar surface area (TPSA) is 76.3 Å². The summed E-state index contributed by atoms with van der Waals surface area (Å²) >= 11 is 0. The Morgan fingerprint density at radius 1 is 1.07 bits per heavy atom. The predicted molar refractivity (Wildman–Crippen MR) is 109 cm³/mol. The maximum atomic E-state index is 13.6. The third-order valence-electron chi connectivity index (χ3n) is 5.50. The van der Waals surface area contributed by atoms with Crippen LogP contribution in [0.15, 0.2) is 48.5 Å². The van der Waals surface area contributed by atoms with E-state index in [9.17, 15) is 18.4 Å². The van der Waals surface area contributed by atoms with Crippen LogP contribution in [0.1, 0.15) is 40.4 Å². The Kier molecular flexibility index (Phi) is 5.44. The number of nitrogens with zero attached hydrogens (tertiary/aromatic N) is 2. The van der Waals surface area contributed by atoms with E-state index in [1.54, 1.807) is 29.2 Å². The molecule has 0 aliphatic carbocycles. The molecule has 0 saturated carbocycles. The molecule has 5 nitrogen and oxygen atoms in total. The third kappa shape index (κ3) is 4.15. The molecule has 7 heteroatoms. The number of benzene rings is 2. The first-order valence-corrected chi connectivity index (χ1v) is 9.83. The van der Waals surface area contributed by atoms with E-state index in [-0.39, 0.29) is 29.6 Å². The highest BCUT2D eigenvalue weighted by molar-refractivity contribution is 5.98. The van der Waals surface area contributed by atoms with Crippen molar-refractivity contribution in [2.75, 3.05) is 13.1 Å². The number of piperidine rings is 1. The van der Waals surface area contributed by atoms with Gasteiger partial charge in [-0.3, -0.25) is 14.6 Å². The van der Waals surface area contributed by atoms with Crippen molar-refractivity contribution >= 4 is 22.7 Å². The molecule has 2 N–H and O–H groups in total. The molecule has 2 aromatic carbocycles. The van der Waals surface area contributed by atoms with Crippen molar-refractivity contribution in [2.24, 2.45) is 5.73 Å². The van der Waals surface area contributed by atoms with Gasteiger partial charge in [0.1, 0.15) is 11.6 Å². The monoisotopic (exact) mass is 409 g/mol. The minimum atomic E-state index is -0.626. The Bertz CT molecular complexity index is 1120. The van der Waals surface area contributed by atoms with Gasteiger partial charge in [0.05, 0.1) is 23.2 Å². The lowest BCUT2D eigenvalue weighted by Gasteiger charge is -2.33. The molecule has 4 rings (SSSR count). The minimum Gasteiger partial charge on any atom is -0.366 e. The Labute approximate surface area is 172 Å². The van der Waals surface area contributed by atoms with Gasteiger partial charge in [-0.25, -0.2) is 8.78 Å². The number of carbonyl (C=O) groups excluding carboxylic acids is 2. The maximum Gasteiger partial charge on any atom is 0.250 e. The molecule has 1 unspecified atom stereocenters. The van der Waals surface area contributed by atoms with Crippen LogP contribution in [0, 0.1) is 11.6 Å². The molecular formula is C23H21F2N3O2. The molecule has 1 atom stereocenters. The van der Waals surface area contributed by atoms with E-state index in [2.05, 4.69) is 4.98 Å². The Balaban J connectivity index is 1.59. The van der Waals surface area contributed by atoms with Crippen molar-refractivity contribution in [3.63, 3.8) is 0 Å². The number of hydrogen-bond donors (Lipinski definition) is 1. The van der Waals surface area contributed by atoms with Crippen molar-refractivity contribution in [3.05, 3.63) is 77.0 Å². The van der Waals surface area contributed by atoms with Gasteiger partial charge in [-0.1, -0.05) is 12.1 Å². The van der Waals surface area contributed by atoms with Crippen LogP contribution in [-0.2, 0) is 11.2 Å². The first kappa shape index (κ1) is 19.9. The van der Waals surface area contributed by atoms with Crippen LogP contribution in [0.25, 0.3) is 10.9 Å². The molecule has 2 heterocycles. The molecule has 0 bridgehead atoms. The molecule has 1 aliphatic heterocycles. The highest BCUT2D eigenvalue weighted by atomic mass is 19.1. The van der Waals surface area contributed by atoms with Gasteiger partial charge >= 0.3 is 0 Å². The van der Waals surface area contributed by atoms with Crippen LogP contribution in [-0.4, -0.2) is 34.8 Å². The number of primary amides is 1. The van der Waals surface area contributed by atoms with Crippen molar-refractivity contribution in [1.82, 2.24) is 9.88 Å². The summed E-state index contributed by atoms with van der Waals surface area (Å²) in [5, 5.41) is 0.507. The third-order valence-corrected chi connectivity index (χ3v) is 5.50. The minimum absolute atomic E-state index is 0.0604. The SMILES string of the molecule is NC(=O)c1cc2cc(F)ccc2nc1C1CCCN(C(=O)Cc2ccc(F)cc2)C1. The first-order chi connectivity index (χ1) is 14.4. The summed E-state index contributed by atoms with van der Waals surface area (Å²) in [4.78, 5) is 31.2. The zero-order valence-corrected chi connectivity index (χ0v) is 16.3. The van der Waals surface area contributed by atoms with E-state index in [0.29, 0.717) is 29.7 Å². The number of carbonyl (C=O) groups is 2. The highest BCUT2D eigenvalue weighted by Crippen LogP contribution is 2.30. The molecule has 3 aromatic rings. The first-order valence-electron chi connectivity index (χ1n) is 9.83. The zero-order chi connectivity index (χ0) is 21.3. The fourth-order valence-corrected chi connectivity index (χ4v) is 3.99. The summed E-state index contributed by atoms with van der Waals surface area (Å²) in [6, 6.07) is 11.7. The lowest BCUT2D eigenvalue weighted by molar-refractivity contribution is -0.131. The molecule has 2 amide bonds. The van der Waals surface area contributed by atoms with Gasteiger partial charge in [0.15, 0.2) is 0 Å². The second-order valence-corrected chi connectivity index (χ2v) is 7.60. The van der Waals surface area contributed by atoms with Crippen LogP contribution in [0.2, 0.25) is 0 Å². The Hall–Kier alpha value is -3.35. The van der Waals surface area contributed by atoms with E-state index in [4.69, 9.17) is 5.73 Å². The van der Waals surface area contributed by atoms with Crippen LogP contribution in [0.4, 0.5) is 8.78 Å². The smallest absolute Gasteiger partial charge is 0.250 e. The molecule has 0 radical (unpaired) electrons. The Morgan fingerprint density at radius 3 is 2.53 bits per heavy atom. The summed E-state index contributed by atoms with van der Waals surface area (Å²) in [5.74, 6) is -1.59. The van der Waals surface area contributed by atoms with Gasteiger partial charge < -0.3 is 10.6 Å². The standard InChI is InChI=1S/C23H21F2N3O2/c24-17-5-3-14(4-6-17)10-21(29)28-9-1-2-15(13-28)22-19(23(26)30)12-16-11-18(25)7-8-20(16)27-22/h3-8,11-12,15H,1-2,9-10,13H2,(H2,26,30). The van der Waals surface area contributed by atoms with Gasteiger partial charge in [-0.2, -0.15) is 0 Å². The van der Waals surface area contributed by atoms with Crippen molar-refractivity contribution in [2.45, 2.75) is 25.2 Å². The van der Waals surface area contributed by atoms with Crippen molar-refractivity contribution in [3.8, 4) is 0 Å². The molecule has 1 aliphatic rings. The predicted octanol–water partition coefficient (Wildman–Crippen LogP) is 3.56. The van der Waals surface area contributed by atoms with Crippen molar-refractivity contribution < 1.29 is 18.4 Å². The van der Waals surface area contributed by atoms with Gasteiger partial charge in [0, 0.05) is 24.4 Å². The average Bonchev–Trinajstić information content (AvgIpc) is 2.74. The summed E-state index contributed by atoms with van der Waals surface area (Å²) in [7, 11) is 0. The summed E-state index contributed by atoms with van der Waals surface area (Å²) in [6.07, 6.45) is 1.71. The molecule has 154 valence electrons. The molecule has 1 aromatic heterocycles. The number of likely N-dealkylation sites (tertiary alicyclic amines) is 1. The largest absolute Gasteiger partial charge is 0.366 e. The Morgan fingerprint density at radius 2 is 1.80 bits per heavy atom. The normalized spacial score (nSPS) is 16.6. The average molecular weight is 409 g/mol. The number of amides is 2. The molecule has 30 heavy (non-hydrogen) atoms. The second kappa shape index (κ2) is 8.18. The van der Waals surface area contributed by atoms with Gasteiger partial charge in [-0.15, -0.1) is 0 Å². The second-order valence-electron chi connectivity index (χ2n) is 7.60. The molecular weight excluding hydrogens is 388 g/mol. The van der Waals surface area contributed by atoms with E-state index in [1.165, 1.54) is 24.3 Å². The summed E-state index contributed by atoms with van der Waals surface area (Å²) in [5.41, 5.74) is 7.69. The number of pyridine rings is 1. The number of nitrogens with two attached hydrogens (primary N) is 1. The maximum absolute atomic E-state index is 13.6. The lowest BCUT2D eigenvalue weighted by atomic mass is 9.90. The summed E-state index contributed by atoms with van der Waals surface area (Å²) < 4.78 is 26.6. The van der Waals surface area contributed by atoms with Crippen LogP contribution >= 0.6 is 0 Å². The quantitative estimate of drug-likeness (QED) is 0.716. The van der Waals surface area contributed by atoms with E-state index < -0.39 is 11.7 Å². The van der Waals surface area contributed by atoms with Gasteiger partial charge in [0.2, 0.25) is 5.91 Å². The van der Waals surface area contributed by atoms with E-state index in [0.717, 1.165) is 18.4 Å². The van der Waals surface area contributed by atoms with E-state index >= 15 is 0 Å². The molecule has 1 fully saturated rings. The van der Waals surface area contributed by atoms with Crippen LogP contribution in [0.3, 0.4) is 0 Å². The van der Waals surface area contributed by atoms with Crippen molar-refractivity contribution in [1.29, 1.82) is 0 Å². The number of halogens is 2. The zero-order valence-electron chi connectivity index (χ0n) is 16.3. The molecule has 0 spiro atoms. The van der Waals surface area contributed by atoms with Gasteiger partial charge in [-0.05, 0) is 54.8 Å². The number of fused-ring (bicyclic) bond motifs is 1. The van der Waals surface area contributed by atoms with E-state index in [1.807, 2.05) is 0 Å². The number of aromatic nitrogens is 1. The summed E-state index contributed by atoms with van der Waals surface area (Å²) in [6.45, 7) is 1.03. The van der Waals surface area contributed by atoms with Crippen LogP contribution < -0.4 is 5.73 Å². The van der Waals surface area contributed by atoms with Crippen LogP contribution in [0.5, 0.6) is 0 Å². The lowest BCUT2D eigenvalue weighted by Crippen LogP contribution is -2.40. The fraction of sp³-hybridized carbons (Fsp3) is 0.261. The molecule has 1 saturated heterocycles. The fourth-order valence-electron chi connectivity index (χ4n) is 3.99.